The van der Waals surface area contributed by atoms with Crippen molar-refractivity contribution < 1.29 is 4.79 Å². The molecule has 0 atom stereocenters. The molecule has 3 N–H and O–H groups in total. The Balaban J connectivity index is 2.41. The van der Waals surface area contributed by atoms with Gasteiger partial charge in [-0.2, -0.15) is 0 Å². The molecule has 7 heteroatoms. The molecule has 1 rings (SSSR count). The molecule has 0 aliphatic heterocycles. The van der Waals surface area contributed by atoms with Crippen LogP contribution >= 0.6 is 0 Å². The summed E-state index contributed by atoms with van der Waals surface area (Å²) in [5, 5.41) is 13.0. The summed E-state index contributed by atoms with van der Waals surface area (Å²) in [5.41, 5.74) is 5.36. The first-order valence-electron chi connectivity index (χ1n) is 4.02. The van der Waals surface area contributed by atoms with E-state index in [4.69, 9.17) is 5.73 Å². The zero-order valence-electron chi connectivity index (χ0n) is 7.40. The number of carbonyl (C=O) groups excluding carboxylic acids is 1. The number of nitrogens with two attached hydrogens (primary N) is 1. The number of amides is 1. The van der Waals surface area contributed by atoms with Crippen molar-refractivity contribution in [2.24, 2.45) is 0 Å². The molecule has 1 amide bonds. The van der Waals surface area contributed by atoms with Crippen LogP contribution in [-0.2, 0) is 11.3 Å². The van der Waals surface area contributed by atoms with E-state index in [1.54, 1.807) is 0 Å². The minimum atomic E-state index is -0.138. The minimum Gasteiger partial charge on any atom is -0.367 e. The molecule has 0 spiro atoms. The van der Waals surface area contributed by atoms with Gasteiger partial charge in [-0.1, -0.05) is 12.0 Å². The summed E-state index contributed by atoms with van der Waals surface area (Å²) in [7, 11) is 0. The Morgan fingerprint density at radius 2 is 2.46 bits per heavy atom. The molecule has 0 unspecified atom stereocenters. The van der Waals surface area contributed by atoms with Gasteiger partial charge in [0.2, 0.25) is 11.9 Å². The monoisotopic (exact) mass is 184 g/mol. The summed E-state index contributed by atoms with van der Waals surface area (Å²) < 4.78 is 1.24. The van der Waals surface area contributed by atoms with Gasteiger partial charge in [-0.25, -0.2) is 4.68 Å². The van der Waals surface area contributed by atoms with Crippen LogP contribution in [0.5, 0.6) is 0 Å². The standard InChI is InChI=1S/C6H12N6O/c1-2-3-8-5(13)4-12-6(7)9-10-11-12/h2-4H2,1H3,(H,8,13)(H2,7,9,11). The van der Waals surface area contributed by atoms with E-state index in [9.17, 15) is 4.79 Å². The molecule has 0 fully saturated rings. The van der Waals surface area contributed by atoms with Crippen LogP contribution in [0, 0.1) is 0 Å². The number of carbonyl (C=O) groups is 1. The maximum Gasteiger partial charge on any atom is 0.241 e. The van der Waals surface area contributed by atoms with E-state index in [1.165, 1.54) is 4.68 Å². The van der Waals surface area contributed by atoms with Crippen molar-refractivity contribution in [2.75, 3.05) is 12.3 Å². The summed E-state index contributed by atoms with van der Waals surface area (Å²) in [6.07, 6.45) is 0.900. The molecule has 0 radical (unpaired) electrons. The number of tetrazole rings is 1. The second-order valence-corrected chi connectivity index (χ2v) is 2.54. The van der Waals surface area contributed by atoms with E-state index in [1.807, 2.05) is 6.92 Å². The minimum absolute atomic E-state index is 0.0683. The van der Waals surface area contributed by atoms with Crippen LogP contribution < -0.4 is 11.1 Å². The highest BCUT2D eigenvalue weighted by molar-refractivity contribution is 5.75. The van der Waals surface area contributed by atoms with Crippen LogP contribution in [0.3, 0.4) is 0 Å². The van der Waals surface area contributed by atoms with Gasteiger partial charge in [0, 0.05) is 6.54 Å². The summed E-state index contributed by atoms with van der Waals surface area (Å²) in [5.74, 6) is 0.00694. The van der Waals surface area contributed by atoms with Crippen molar-refractivity contribution in [2.45, 2.75) is 19.9 Å². The van der Waals surface area contributed by atoms with Gasteiger partial charge in [-0.3, -0.25) is 4.79 Å². The first kappa shape index (κ1) is 9.43. The Labute approximate surface area is 75.3 Å². The maximum absolute atomic E-state index is 11.1. The van der Waals surface area contributed by atoms with E-state index in [2.05, 4.69) is 20.8 Å². The average Bonchev–Trinajstić information content (AvgIpc) is 2.48. The third kappa shape index (κ3) is 2.69. The number of nitrogen functional groups attached to an aromatic ring is 1. The first-order chi connectivity index (χ1) is 6.24. The summed E-state index contributed by atoms with van der Waals surface area (Å²) >= 11 is 0. The summed E-state index contributed by atoms with van der Waals surface area (Å²) in [6.45, 7) is 2.70. The number of aromatic nitrogens is 4. The van der Waals surface area contributed by atoms with E-state index in [-0.39, 0.29) is 18.4 Å². The van der Waals surface area contributed by atoms with Crippen molar-refractivity contribution in [3.05, 3.63) is 0 Å². The number of nitrogens with zero attached hydrogens (tertiary/aromatic N) is 4. The van der Waals surface area contributed by atoms with E-state index >= 15 is 0 Å². The SMILES string of the molecule is CCCNC(=O)Cn1nnnc1N. The van der Waals surface area contributed by atoms with Gasteiger partial charge in [-0.15, -0.1) is 0 Å². The molecule has 72 valence electrons. The molecule has 0 aliphatic carbocycles. The molecule has 13 heavy (non-hydrogen) atoms. The Hall–Kier alpha value is -1.66. The Morgan fingerprint density at radius 1 is 1.69 bits per heavy atom. The highest BCUT2D eigenvalue weighted by Crippen LogP contribution is 1.90. The lowest BCUT2D eigenvalue weighted by atomic mass is 10.4. The lowest BCUT2D eigenvalue weighted by Crippen LogP contribution is -2.29. The third-order valence-corrected chi connectivity index (χ3v) is 1.43. The van der Waals surface area contributed by atoms with Gasteiger partial charge >= 0.3 is 0 Å². The van der Waals surface area contributed by atoms with Crippen LogP contribution in [0.2, 0.25) is 0 Å². The number of rotatable bonds is 4. The Kier molecular flexibility index (Phi) is 3.18. The molecule has 0 saturated heterocycles. The smallest absolute Gasteiger partial charge is 0.241 e. The van der Waals surface area contributed by atoms with Gasteiger partial charge in [0.1, 0.15) is 6.54 Å². The number of anilines is 1. The second-order valence-electron chi connectivity index (χ2n) is 2.54. The molecule has 0 aliphatic rings. The highest BCUT2D eigenvalue weighted by atomic mass is 16.2. The topological polar surface area (TPSA) is 98.7 Å². The molecule has 0 bridgehead atoms. The van der Waals surface area contributed by atoms with Crippen LogP contribution in [0.4, 0.5) is 5.95 Å². The molecular formula is C6H12N6O. The normalized spacial score (nSPS) is 9.92. The zero-order chi connectivity index (χ0) is 9.68. The average molecular weight is 184 g/mol. The molecular weight excluding hydrogens is 172 g/mol. The van der Waals surface area contributed by atoms with Crippen molar-refractivity contribution in [3.8, 4) is 0 Å². The second kappa shape index (κ2) is 4.39. The fraction of sp³-hybridized carbons (Fsp3) is 0.667. The number of hydrogen-bond donors (Lipinski definition) is 2. The van der Waals surface area contributed by atoms with Crippen LogP contribution in [0.1, 0.15) is 13.3 Å². The van der Waals surface area contributed by atoms with E-state index in [0.29, 0.717) is 6.54 Å². The molecule has 0 aromatic carbocycles. The molecule has 1 aromatic heterocycles. The summed E-state index contributed by atoms with van der Waals surface area (Å²) in [6, 6.07) is 0. The largest absolute Gasteiger partial charge is 0.367 e. The number of hydrogen-bond acceptors (Lipinski definition) is 5. The molecule has 0 saturated carbocycles. The van der Waals surface area contributed by atoms with Gasteiger partial charge < -0.3 is 11.1 Å². The van der Waals surface area contributed by atoms with Crippen LogP contribution in [0.25, 0.3) is 0 Å². The summed E-state index contributed by atoms with van der Waals surface area (Å²) in [4.78, 5) is 11.1. The predicted molar refractivity (Wildman–Crippen MR) is 45.5 cm³/mol. The Bertz CT molecular complexity index is 282. The van der Waals surface area contributed by atoms with Crippen molar-refractivity contribution >= 4 is 11.9 Å². The number of nitrogens with one attached hydrogen (secondary N) is 1. The van der Waals surface area contributed by atoms with E-state index in [0.717, 1.165) is 6.42 Å². The van der Waals surface area contributed by atoms with Gasteiger partial charge in [0.15, 0.2) is 0 Å². The molecule has 1 aromatic rings. The fourth-order valence-electron chi connectivity index (χ4n) is 0.781. The van der Waals surface area contributed by atoms with Gasteiger partial charge in [-0.05, 0) is 16.8 Å². The molecule has 1 heterocycles. The van der Waals surface area contributed by atoms with Crippen LogP contribution in [-0.4, -0.2) is 32.7 Å². The van der Waals surface area contributed by atoms with Gasteiger partial charge in [0.05, 0.1) is 0 Å². The van der Waals surface area contributed by atoms with Gasteiger partial charge in [0.25, 0.3) is 0 Å². The Morgan fingerprint density at radius 3 is 3.00 bits per heavy atom. The fourth-order valence-corrected chi connectivity index (χ4v) is 0.781. The quantitative estimate of drug-likeness (QED) is 0.611. The molecule has 7 nitrogen and oxygen atoms in total. The third-order valence-electron chi connectivity index (χ3n) is 1.43. The van der Waals surface area contributed by atoms with E-state index < -0.39 is 0 Å². The zero-order valence-corrected chi connectivity index (χ0v) is 7.40. The first-order valence-corrected chi connectivity index (χ1v) is 4.02. The lowest BCUT2D eigenvalue weighted by Gasteiger charge is -2.02. The van der Waals surface area contributed by atoms with Crippen molar-refractivity contribution in [1.82, 2.24) is 25.5 Å². The maximum atomic E-state index is 11.1. The lowest BCUT2D eigenvalue weighted by molar-refractivity contribution is -0.121. The predicted octanol–water partition coefficient (Wildman–Crippen LogP) is -1.22. The van der Waals surface area contributed by atoms with Crippen molar-refractivity contribution in [1.29, 1.82) is 0 Å². The van der Waals surface area contributed by atoms with Crippen molar-refractivity contribution in [3.63, 3.8) is 0 Å². The highest BCUT2D eigenvalue weighted by Gasteiger charge is 2.05. The van der Waals surface area contributed by atoms with Crippen LogP contribution in [0.15, 0.2) is 0 Å².